The van der Waals surface area contributed by atoms with Gasteiger partial charge in [0.25, 0.3) is 11.8 Å². The summed E-state index contributed by atoms with van der Waals surface area (Å²) in [6, 6.07) is 5.40. The Kier molecular flexibility index (Phi) is 5.83. The molecule has 0 unspecified atom stereocenters. The Hall–Kier alpha value is -4.01. The Morgan fingerprint density at radius 3 is 2.59 bits per heavy atom. The topological polar surface area (TPSA) is 118 Å². The minimum Gasteiger partial charge on any atom is -0.352 e. The van der Waals surface area contributed by atoms with Crippen molar-refractivity contribution in [3.05, 3.63) is 59.8 Å². The van der Waals surface area contributed by atoms with Gasteiger partial charge in [0.2, 0.25) is 0 Å². The first-order valence-corrected chi connectivity index (χ1v) is 11.5. The van der Waals surface area contributed by atoms with E-state index < -0.39 is 0 Å². The molecule has 2 amide bonds. The van der Waals surface area contributed by atoms with E-state index in [4.69, 9.17) is 0 Å². The van der Waals surface area contributed by atoms with Crippen LogP contribution in [0.15, 0.2) is 43.0 Å². The molecule has 5 rings (SSSR count). The van der Waals surface area contributed by atoms with Gasteiger partial charge >= 0.3 is 0 Å². The fourth-order valence-corrected chi connectivity index (χ4v) is 4.39. The fourth-order valence-electron chi connectivity index (χ4n) is 4.39. The molecule has 0 atom stereocenters. The molecule has 1 aliphatic carbocycles. The zero-order valence-corrected chi connectivity index (χ0v) is 19.3. The number of hydrogen-bond donors (Lipinski definition) is 3. The average Bonchev–Trinajstić information content (AvgIpc) is 3.59. The van der Waals surface area contributed by atoms with E-state index in [2.05, 4.69) is 30.7 Å². The minimum atomic E-state index is -0.313. The zero-order chi connectivity index (χ0) is 23.7. The SMILES string of the molecule is Cc1ncc(C(=O)NCC2CCCC2)cc1NC(=O)c1cnc2[nH]c(-c3cnn(C)c3)cc2c1. The Labute approximate surface area is 197 Å². The standard InChI is InChI=1S/C25H27N7O2/c1-15-21(9-19(11-26-15)24(33)28-10-16-5-3-4-6-16)31-25(34)18-7-17-8-22(30-23(17)27-12-18)20-13-29-32(2)14-20/h7-9,11-14,16H,3-6,10H2,1-2H3,(H,27,30)(H,28,33)(H,31,34). The van der Waals surface area contributed by atoms with Crippen LogP contribution in [-0.2, 0) is 7.05 Å². The maximum Gasteiger partial charge on any atom is 0.257 e. The van der Waals surface area contributed by atoms with Crippen LogP contribution in [-0.4, -0.2) is 43.1 Å². The number of aryl methyl sites for hydroxylation is 2. The maximum absolute atomic E-state index is 13.0. The highest BCUT2D eigenvalue weighted by atomic mass is 16.2. The molecular formula is C25H27N7O2. The Balaban J connectivity index is 1.31. The van der Waals surface area contributed by atoms with E-state index in [1.165, 1.54) is 19.0 Å². The number of aromatic nitrogens is 5. The van der Waals surface area contributed by atoms with Gasteiger partial charge in [-0.2, -0.15) is 5.10 Å². The molecule has 1 saturated carbocycles. The Bertz CT molecular complexity index is 1360. The first-order chi connectivity index (χ1) is 16.5. The third-order valence-electron chi connectivity index (χ3n) is 6.37. The second-order valence-corrected chi connectivity index (χ2v) is 8.92. The van der Waals surface area contributed by atoms with Gasteiger partial charge in [0.05, 0.1) is 34.4 Å². The second kappa shape index (κ2) is 9.09. The molecule has 0 aliphatic heterocycles. The van der Waals surface area contributed by atoms with E-state index >= 15 is 0 Å². The lowest BCUT2D eigenvalue weighted by atomic mass is 10.1. The lowest BCUT2D eigenvalue weighted by Gasteiger charge is -2.12. The summed E-state index contributed by atoms with van der Waals surface area (Å²) in [6.45, 7) is 2.47. The van der Waals surface area contributed by atoms with Crippen LogP contribution in [0.3, 0.4) is 0 Å². The van der Waals surface area contributed by atoms with Gasteiger partial charge in [-0.1, -0.05) is 12.8 Å². The van der Waals surface area contributed by atoms with E-state index in [1.807, 2.05) is 19.3 Å². The number of H-pyrrole nitrogens is 1. The molecule has 4 aromatic heterocycles. The number of carbonyl (C=O) groups excluding carboxylic acids is 2. The summed E-state index contributed by atoms with van der Waals surface area (Å²) < 4.78 is 1.73. The largest absolute Gasteiger partial charge is 0.352 e. The normalized spacial score (nSPS) is 13.9. The van der Waals surface area contributed by atoms with Crippen LogP contribution in [0.1, 0.15) is 52.1 Å². The van der Waals surface area contributed by atoms with E-state index in [9.17, 15) is 9.59 Å². The van der Waals surface area contributed by atoms with Gasteiger partial charge in [0.15, 0.2) is 0 Å². The summed E-state index contributed by atoms with van der Waals surface area (Å²) >= 11 is 0. The molecule has 34 heavy (non-hydrogen) atoms. The lowest BCUT2D eigenvalue weighted by molar-refractivity contribution is 0.0945. The molecule has 0 spiro atoms. The van der Waals surface area contributed by atoms with Crippen LogP contribution in [0.2, 0.25) is 0 Å². The monoisotopic (exact) mass is 457 g/mol. The number of nitrogens with zero attached hydrogens (tertiary/aromatic N) is 4. The van der Waals surface area contributed by atoms with Crippen molar-refractivity contribution in [2.24, 2.45) is 13.0 Å². The summed E-state index contributed by atoms with van der Waals surface area (Å²) in [5, 5.41) is 10.9. The first kappa shape index (κ1) is 21.8. The third-order valence-corrected chi connectivity index (χ3v) is 6.37. The summed E-state index contributed by atoms with van der Waals surface area (Å²) in [5.41, 5.74) is 4.49. The predicted molar refractivity (Wildman–Crippen MR) is 130 cm³/mol. The molecule has 174 valence electrons. The van der Waals surface area contributed by atoms with E-state index in [-0.39, 0.29) is 11.8 Å². The van der Waals surface area contributed by atoms with Crippen LogP contribution in [0.25, 0.3) is 22.3 Å². The second-order valence-electron chi connectivity index (χ2n) is 8.92. The number of fused-ring (bicyclic) bond motifs is 1. The number of hydrogen-bond acceptors (Lipinski definition) is 5. The number of carbonyl (C=O) groups is 2. The number of rotatable bonds is 6. The number of amides is 2. The minimum absolute atomic E-state index is 0.173. The summed E-state index contributed by atoms with van der Waals surface area (Å²) in [5.74, 6) is 0.0660. The number of nitrogens with one attached hydrogen (secondary N) is 3. The molecule has 1 fully saturated rings. The number of aromatic amines is 1. The van der Waals surface area contributed by atoms with Gasteiger partial charge < -0.3 is 15.6 Å². The quantitative estimate of drug-likeness (QED) is 0.407. The van der Waals surface area contributed by atoms with Crippen molar-refractivity contribution in [3.63, 3.8) is 0 Å². The maximum atomic E-state index is 13.0. The molecule has 0 aromatic carbocycles. The lowest BCUT2D eigenvalue weighted by Crippen LogP contribution is -2.28. The highest BCUT2D eigenvalue weighted by Crippen LogP contribution is 2.25. The van der Waals surface area contributed by atoms with Crippen molar-refractivity contribution in [2.45, 2.75) is 32.6 Å². The van der Waals surface area contributed by atoms with Crippen molar-refractivity contribution in [3.8, 4) is 11.3 Å². The van der Waals surface area contributed by atoms with Crippen LogP contribution >= 0.6 is 0 Å². The Morgan fingerprint density at radius 2 is 1.82 bits per heavy atom. The zero-order valence-electron chi connectivity index (χ0n) is 19.3. The predicted octanol–water partition coefficient (Wildman–Crippen LogP) is 3.84. The molecule has 0 saturated heterocycles. The van der Waals surface area contributed by atoms with Crippen LogP contribution in [0.5, 0.6) is 0 Å². The summed E-state index contributed by atoms with van der Waals surface area (Å²) in [4.78, 5) is 37.5. The molecule has 1 aliphatic rings. The summed E-state index contributed by atoms with van der Waals surface area (Å²) in [7, 11) is 1.86. The van der Waals surface area contributed by atoms with Crippen molar-refractivity contribution in [1.82, 2.24) is 30.0 Å². The van der Waals surface area contributed by atoms with Crippen molar-refractivity contribution < 1.29 is 9.59 Å². The Morgan fingerprint density at radius 1 is 1.06 bits per heavy atom. The number of pyridine rings is 2. The van der Waals surface area contributed by atoms with Gasteiger partial charge in [0.1, 0.15) is 5.65 Å². The smallest absolute Gasteiger partial charge is 0.257 e. The molecule has 9 heteroatoms. The molecule has 3 N–H and O–H groups in total. The van der Waals surface area contributed by atoms with Crippen molar-refractivity contribution in [1.29, 1.82) is 0 Å². The average molecular weight is 458 g/mol. The molecular weight excluding hydrogens is 430 g/mol. The van der Waals surface area contributed by atoms with Crippen molar-refractivity contribution >= 4 is 28.5 Å². The van der Waals surface area contributed by atoms with Crippen LogP contribution in [0, 0.1) is 12.8 Å². The van der Waals surface area contributed by atoms with E-state index in [0.29, 0.717) is 40.6 Å². The highest BCUT2D eigenvalue weighted by molar-refractivity contribution is 6.06. The van der Waals surface area contributed by atoms with Gasteiger partial charge in [0, 0.05) is 43.1 Å². The molecule has 0 radical (unpaired) electrons. The van der Waals surface area contributed by atoms with Crippen LogP contribution in [0.4, 0.5) is 5.69 Å². The fraction of sp³-hybridized carbons (Fsp3) is 0.320. The van der Waals surface area contributed by atoms with Crippen LogP contribution < -0.4 is 10.6 Å². The van der Waals surface area contributed by atoms with Gasteiger partial charge in [-0.25, -0.2) is 4.98 Å². The number of anilines is 1. The van der Waals surface area contributed by atoms with E-state index in [0.717, 1.165) is 29.5 Å². The molecule has 0 bridgehead atoms. The van der Waals surface area contributed by atoms with Gasteiger partial charge in [-0.15, -0.1) is 0 Å². The molecule has 4 aromatic rings. The first-order valence-electron chi connectivity index (χ1n) is 11.5. The van der Waals surface area contributed by atoms with Gasteiger partial charge in [-0.05, 0) is 43.9 Å². The van der Waals surface area contributed by atoms with Gasteiger partial charge in [-0.3, -0.25) is 19.3 Å². The van der Waals surface area contributed by atoms with E-state index in [1.54, 1.807) is 36.1 Å². The van der Waals surface area contributed by atoms with Crippen molar-refractivity contribution in [2.75, 3.05) is 11.9 Å². The highest BCUT2D eigenvalue weighted by Gasteiger charge is 2.18. The summed E-state index contributed by atoms with van der Waals surface area (Å²) in [6.07, 6.45) is 11.5. The molecule has 4 heterocycles. The third kappa shape index (κ3) is 4.54. The molecule has 9 nitrogen and oxygen atoms in total.